The van der Waals surface area contributed by atoms with E-state index in [1.807, 2.05) is 40.5 Å². The summed E-state index contributed by atoms with van der Waals surface area (Å²) in [6, 6.07) is 0. The summed E-state index contributed by atoms with van der Waals surface area (Å²) in [7, 11) is 93.8. The largest absolute Gasteiger partial charge is 1.00 e. The molecule has 0 aromatic carbocycles. The van der Waals surface area contributed by atoms with Gasteiger partial charge in [-0.05, 0) is 98.1 Å². The van der Waals surface area contributed by atoms with Gasteiger partial charge in [0.2, 0.25) is 0 Å². The van der Waals surface area contributed by atoms with Crippen LogP contribution in [0.15, 0.2) is 0 Å². The Balaban J connectivity index is -0.0000120. The van der Waals surface area contributed by atoms with E-state index in [9.17, 15) is 0 Å². The molecule has 0 saturated heterocycles. The first-order chi connectivity index (χ1) is 22.6. The molecule has 2 unspecified atom stereocenters. The van der Waals surface area contributed by atoms with Gasteiger partial charge in [-0.15, -0.1) is 36.1 Å². The molecule has 2 atom stereocenters. The molecule has 0 aromatic rings. The summed E-state index contributed by atoms with van der Waals surface area (Å²) < 4.78 is 11.7. The zero-order chi connectivity index (χ0) is 39.8. The summed E-state index contributed by atoms with van der Waals surface area (Å²) in [4.78, 5) is 0. The van der Waals surface area contributed by atoms with Crippen LogP contribution in [0.25, 0.3) is 0 Å². The van der Waals surface area contributed by atoms with Crippen LogP contribution in [-0.4, -0.2) is 250 Å². The Hall–Kier alpha value is 3.93. The molecule has 0 fully saturated rings. The molecular formula is C14H30B30Li2O2Si4. The quantitative estimate of drug-likeness (QED) is 0.0706. The van der Waals surface area contributed by atoms with Crippen LogP contribution in [0.4, 0.5) is 0 Å². The Labute approximate surface area is 379 Å². The fraction of sp³-hybridized carbons (Fsp3) is 0.857. The predicted molar refractivity (Wildman–Crippen MR) is 268 cm³/mol. The van der Waals surface area contributed by atoms with Gasteiger partial charge in [0.1, 0.15) is 0 Å². The molecule has 0 aliphatic carbocycles. The minimum absolute atomic E-state index is 0. The molecule has 0 spiro atoms. The zero-order valence-electron chi connectivity index (χ0n) is 33.8. The zero-order valence-corrected chi connectivity index (χ0v) is 37.8. The van der Waals surface area contributed by atoms with Gasteiger partial charge >= 0.3 is 37.7 Å². The van der Waals surface area contributed by atoms with Crippen molar-refractivity contribution in [3.8, 4) is 0 Å². The molecule has 36 radical (unpaired) electrons. The summed E-state index contributed by atoms with van der Waals surface area (Å²) in [6.45, 7) is 12.8. The van der Waals surface area contributed by atoms with Crippen molar-refractivity contribution in [3.63, 3.8) is 0 Å². The van der Waals surface area contributed by atoms with Gasteiger partial charge in [0.15, 0.2) is 33.3 Å². The second-order valence-corrected chi connectivity index (χ2v) is 32.8. The smallest absolute Gasteiger partial charge is 0.458 e. The molecule has 0 N–H and O–H groups in total. The van der Waals surface area contributed by atoms with Crippen molar-refractivity contribution in [2.45, 2.75) is 73.7 Å². The third-order valence-electron chi connectivity index (χ3n) is 10.2. The summed E-state index contributed by atoms with van der Waals surface area (Å²) in [5.74, 6) is 1.15. The summed E-state index contributed by atoms with van der Waals surface area (Å²) >= 11 is 0. The third-order valence-corrected chi connectivity index (χ3v) is 27.3. The number of hydrogen-bond donors (Lipinski definition) is 0. The Morgan fingerprint density at radius 3 is 1.21 bits per heavy atom. The van der Waals surface area contributed by atoms with Gasteiger partial charge in [0.05, 0.1) is 7.17 Å². The van der Waals surface area contributed by atoms with E-state index >= 15 is 0 Å². The molecule has 0 heterocycles. The van der Waals surface area contributed by atoms with Crippen LogP contribution in [0.2, 0.25) is 73.7 Å². The second kappa shape index (κ2) is 25.0. The van der Waals surface area contributed by atoms with Crippen molar-refractivity contribution in [2.75, 3.05) is 0 Å². The molecule has 0 amide bonds. The van der Waals surface area contributed by atoms with Gasteiger partial charge < -0.3 is 20.7 Å². The fourth-order valence-corrected chi connectivity index (χ4v) is 27.9. The maximum atomic E-state index is 7.25. The van der Waals surface area contributed by atoms with Crippen LogP contribution < -0.4 is 37.7 Å². The van der Waals surface area contributed by atoms with Crippen molar-refractivity contribution < 1.29 is 46.0 Å². The SMILES string of the molecule is [B][B]B([B])[C-](B([B])[B])B([B])[B]C[Si](C)(C)O[Si](C)(C)C[B]B([B])C(B([B])[B])(B([B])[B][B])[Si](C)(C)O[Si](C)(C)C(B([B])[B])(B([B])[B][B])B([B])[B][CH2-].[Li+].[Li+]. The van der Waals surface area contributed by atoms with Gasteiger partial charge in [-0.3, -0.25) is 0 Å². The third kappa shape index (κ3) is 14.5. The first-order valence-electron chi connectivity index (χ1n) is 16.8. The first-order valence-corrected chi connectivity index (χ1v) is 28.9. The summed E-state index contributed by atoms with van der Waals surface area (Å²) in [5.41, 5.74) is 0.538. The van der Waals surface area contributed by atoms with E-state index in [4.69, 9.17) is 124 Å². The van der Waals surface area contributed by atoms with Gasteiger partial charge in [-0.1, -0.05) is 11.9 Å². The van der Waals surface area contributed by atoms with E-state index in [0.29, 0.717) is 17.5 Å². The molecule has 0 saturated carbocycles. The average Bonchev–Trinajstić information content (AvgIpc) is 2.97. The van der Waals surface area contributed by atoms with Gasteiger partial charge in [-0.2, -0.15) is 0 Å². The van der Waals surface area contributed by atoms with Crippen molar-refractivity contribution in [2.24, 2.45) is 0 Å². The Bertz CT molecular complexity index is 1000. The van der Waals surface area contributed by atoms with Gasteiger partial charge in [-0.25, -0.2) is 0 Å². The first kappa shape index (κ1) is 60.2. The standard InChI is InChI=1S/C14H30B30O2Si4.2Li/c1-30-41(26)13(39(22)23,43(28)34-16)49(6,7)46-50(8,9)14(40(24)25,44(29)35-17)42(27)32-11-48(4,5)45-47(2,3)10-31-37(20)12(36(18)19)38(21)33-15;;/h1,10-11H2,2-9H3;;/q-2;2*+1. The Morgan fingerprint density at radius 2 is 0.904 bits per heavy atom. The van der Waals surface area contributed by atoms with Crippen LogP contribution in [0.1, 0.15) is 0 Å². The summed E-state index contributed by atoms with van der Waals surface area (Å²) in [5, 5.41) is 0. The molecule has 206 valence electrons. The molecule has 52 heavy (non-hydrogen) atoms. The van der Waals surface area contributed by atoms with Crippen LogP contribution in [0.3, 0.4) is 0 Å². The fourth-order valence-electron chi connectivity index (χ4n) is 7.83. The van der Waals surface area contributed by atoms with E-state index in [1.54, 1.807) is 7.17 Å². The number of hydrogen-bond acceptors (Lipinski definition) is 2. The summed E-state index contributed by atoms with van der Waals surface area (Å²) in [6.07, 6.45) is 0. The maximum absolute atomic E-state index is 7.25. The van der Waals surface area contributed by atoms with E-state index < -0.39 is 101 Å². The minimum Gasteiger partial charge on any atom is -0.458 e. The van der Waals surface area contributed by atoms with E-state index in [2.05, 4.69) is 33.0 Å². The van der Waals surface area contributed by atoms with Gasteiger partial charge in [0, 0.05) is 138 Å². The van der Waals surface area contributed by atoms with Gasteiger partial charge in [0.25, 0.3) is 0 Å². The Morgan fingerprint density at radius 1 is 0.538 bits per heavy atom. The maximum Gasteiger partial charge on any atom is 1.00 e. The van der Waals surface area contributed by atoms with Crippen molar-refractivity contribution in [1.29, 1.82) is 0 Å². The second-order valence-electron chi connectivity index (χ2n) is 15.5. The number of rotatable bonds is 25. The van der Waals surface area contributed by atoms with Crippen molar-refractivity contribution >= 4 is 250 Å². The van der Waals surface area contributed by atoms with E-state index in [-0.39, 0.29) is 37.7 Å². The van der Waals surface area contributed by atoms with E-state index in [0.717, 1.165) is 0 Å². The predicted octanol–water partition coefficient (Wildman–Crippen LogP) is -12.6. The average molecular weight is 681 g/mol. The van der Waals surface area contributed by atoms with Crippen molar-refractivity contribution in [3.05, 3.63) is 12.4 Å². The minimum atomic E-state index is -3.27. The molecule has 0 aromatic heterocycles. The van der Waals surface area contributed by atoms with E-state index in [1.165, 1.54) is 21.2 Å². The molecule has 38 heteroatoms. The molecule has 2 nitrogen and oxygen atoms in total. The normalized spacial score (nSPS) is 14.0. The molecular weight excluding hydrogens is 651 g/mol. The van der Waals surface area contributed by atoms with Crippen LogP contribution in [0.5, 0.6) is 0 Å². The van der Waals surface area contributed by atoms with Crippen LogP contribution in [0, 0.1) is 12.4 Å². The molecule has 0 aliphatic rings. The monoisotopic (exact) mass is 686 g/mol. The van der Waals surface area contributed by atoms with Crippen molar-refractivity contribution in [1.82, 2.24) is 0 Å². The molecule has 0 rings (SSSR count). The molecule has 0 aliphatic heterocycles. The molecule has 0 bridgehead atoms. The van der Waals surface area contributed by atoms with Crippen LogP contribution >= 0.6 is 0 Å². The Kier molecular flexibility index (Phi) is 29.0. The van der Waals surface area contributed by atoms with Crippen LogP contribution in [-0.2, 0) is 8.23 Å². The topological polar surface area (TPSA) is 18.5 Å².